The van der Waals surface area contributed by atoms with Crippen LogP contribution in [-0.4, -0.2) is 18.8 Å². The lowest BCUT2D eigenvalue weighted by atomic mass is 10.2. The molecule has 0 fully saturated rings. The predicted octanol–water partition coefficient (Wildman–Crippen LogP) is 3.53. The smallest absolute Gasteiger partial charge is 0.329 e. The number of hydrogen-bond donors (Lipinski definition) is 2. The van der Waals surface area contributed by atoms with E-state index in [9.17, 15) is 35.5 Å². The molecule has 0 spiro atoms. The summed E-state index contributed by atoms with van der Waals surface area (Å²) in [4.78, 5) is 11.0. The van der Waals surface area contributed by atoms with Gasteiger partial charge in [0.2, 0.25) is 0 Å². The van der Waals surface area contributed by atoms with E-state index in [0.717, 1.165) is 0 Å². The molecule has 1 aromatic rings. The standard InChI is InChI=1S/C10H7F7N2O/c11-6-2-1-5(10(15,16)17)3-7(6)19-8(20)18-4-9(12,13)14/h1-3H,4H2,(H2,18,19,20). The summed E-state index contributed by atoms with van der Waals surface area (Å²) >= 11 is 0. The van der Waals surface area contributed by atoms with Gasteiger partial charge in [0, 0.05) is 0 Å². The number of amides is 2. The maximum Gasteiger partial charge on any atom is 0.416 e. The van der Waals surface area contributed by atoms with Gasteiger partial charge in [-0.1, -0.05) is 0 Å². The molecule has 2 N–H and O–H groups in total. The minimum Gasteiger partial charge on any atom is -0.329 e. The van der Waals surface area contributed by atoms with Crippen molar-refractivity contribution in [1.82, 2.24) is 5.32 Å². The van der Waals surface area contributed by atoms with Gasteiger partial charge >= 0.3 is 18.4 Å². The van der Waals surface area contributed by atoms with E-state index < -0.39 is 42.0 Å². The fourth-order valence-electron chi connectivity index (χ4n) is 1.14. The Hall–Kier alpha value is -2.00. The van der Waals surface area contributed by atoms with Gasteiger partial charge in [0.1, 0.15) is 12.4 Å². The molecule has 3 nitrogen and oxygen atoms in total. The Balaban J connectivity index is 2.79. The van der Waals surface area contributed by atoms with Crippen molar-refractivity contribution in [3.8, 4) is 0 Å². The highest BCUT2D eigenvalue weighted by molar-refractivity contribution is 5.89. The Bertz CT molecular complexity index is 495. The molecule has 20 heavy (non-hydrogen) atoms. The maximum absolute atomic E-state index is 13.2. The molecule has 0 radical (unpaired) electrons. The number of halogens is 7. The monoisotopic (exact) mass is 304 g/mol. The van der Waals surface area contributed by atoms with E-state index in [0.29, 0.717) is 12.1 Å². The van der Waals surface area contributed by atoms with Gasteiger partial charge in [0.15, 0.2) is 0 Å². The van der Waals surface area contributed by atoms with Crippen molar-refractivity contribution >= 4 is 11.7 Å². The lowest BCUT2D eigenvalue weighted by Crippen LogP contribution is -2.36. The van der Waals surface area contributed by atoms with E-state index >= 15 is 0 Å². The number of carbonyl (C=O) groups is 1. The Labute approximate surface area is 107 Å². The summed E-state index contributed by atoms with van der Waals surface area (Å²) < 4.78 is 85.6. The molecule has 112 valence electrons. The van der Waals surface area contributed by atoms with Crippen LogP contribution in [0.2, 0.25) is 0 Å². The Morgan fingerprint density at radius 1 is 1.10 bits per heavy atom. The summed E-state index contributed by atoms with van der Waals surface area (Å²) in [7, 11) is 0. The molecular formula is C10H7F7N2O. The van der Waals surface area contributed by atoms with Gasteiger partial charge in [-0.05, 0) is 18.2 Å². The van der Waals surface area contributed by atoms with Gasteiger partial charge < -0.3 is 10.6 Å². The zero-order valence-electron chi connectivity index (χ0n) is 9.49. The molecule has 10 heteroatoms. The SMILES string of the molecule is O=C(NCC(F)(F)F)Nc1cc(C(F)(F)F)ccc1F. The normalized spacial score (nSPS) is 12.2. The second-order valence-electron chi connectivity index (χ2n) is 3.62. The second-order valence-corrected chi connectivity index (χ2v) is 3.62. The average Bonchev–Trinajstić information content (AvgIpc) is 2.27. The van der Waals surface area contributed by atoms with Crippen LogP contribution in [0.3, 0.4) is 0 Å². The molecule has 0 heterocycles. The topological polar surface area (TPSA) is 41.1 Å². The van der Waals surface area contributed by atoms with E-state index in [4.69, 9.17) is 0 Å². The second kappa shape index (κ2) is 5.55. The molecule has 0 atom stereocenters. The van der Waals surface area contributed by atoms with E-state index in [1.165, 1.54) is 5.32 Å². The Morgan fingerprint density at radius 2 is 1.70 bits per heavy atom. The fraction of sp³-hybridized carbons (Fsp3) is 0.300. The number of anilines is 1. The first kappa shape index (κ1) is 16.1. The van der Waals surface area contributed by atoms with Crippen LogP contribution in [0, 0.1) is 5.82 Å². The summed E-state index contributed by atoms with van der Waals surface area (Å²) in [5.74, 6) is -1.21. The predicted molar refractivity (Wildman–Crippen MR) is 54.5 cm³/mol. The number of urea groups is 1. The van der Waals surface area contributed by atoms with Crippen LogP contribution in [0.1, 0.15) is 5.56 Å². The summed E-state index contributed by atoms with van der Waals surface area (Å²) in [5.41, 5.74) is -2.12. The van der Waals surface area contributed by atoms with Crippen LogP contribution in [0.5, 0.6) is 0 Å². The molecule has 0 aliphatic carbocycles. The molecule has 0 saturated carbocycles. The van der Waals surface area contributed by atoms with Crippen LogP contribution in [0.25, 0.3) is 0 Å². The van der Waals surface area contributed by atoms with Gasteiger partial charge in [0.05, 0.1) is 11.3 Å². The largest absolute Gasteiger partial charge is 0.416 e. The quantitative estimate of drug-likeness (QED) is 0.806. The number of rotatable bonds is 2. The molecule has 0 bridgehead atoms. The molecule has 0 saturated heterocycles. The highest BCUT2D eigenvalue weighted by Crippen LogP contribution is 2.31. The maximum atomic E-state index is 13.2. The molecular weight excluding hydrogens is 297 g/mol. The van der Waals surface area contributed by atoms with Gasteiger partial charge in [-0.3, -0.25) is 0 Å². The molecule has 0 aliphatic heterocycles. The lowest BCUT2D eigenvalue weighted by molar-refractivity contribution is -0.137. The van der Waals surface area contributed by atoms with Crippen molar-refractivity contribution < 1.29 is 35.5 Å². The summed E-state index contributed by atoms with van der Waals surface area (Å²) in [6.07, 6.45) is -9.46. The van der Waals surface area contributed by atoms with Gasteiger partial charge in [0.25, 0.3) is 0 Å². The highest BCUT2D eigenvalue weighted by atomic mass is 19.4. The van der Waals surface area contributed by atoms with Crippen LogP contribution in [0.4, 0.5) is 41.2 Å². The van der Waals surface area contributed by atoms with Crippen molar-refractivity contribution in [3.63, 3.8) is 0 Å². The van der Waals surface area contributed by atoms with E-state index in [-0.39, 0.29) is 6.07 Å². The number of carbonyl (C=O) groups excluding carboxylic acids is 1. The van der Waals surface area contributed by atoms with Crippen molar-refractivity contribution in [1.29, 1.82) is 0 Å². The van der Waals surface area contributed by atoms with Crippen molar-refractivity contribution in [2.24, 2.45) is 0 Å². The third-order valence-corrected chi connectivity index (χ3v) is 1.99. The van der Waals surface area contributed by atoms with E-state index in [1.807, 2.05) is 0 Å². The lowest BCUT2D eigenvalue weighted by Gasteiger charge is -2.12. The van der Waals surface area contributed by atoms with Crippen molar-refractivity contribution in [3.05, 3.63) is 29.6 Å². The van der Waals surface area contributed by atoms with Crippen molar-refractivity contribution in [2.45, 2.75) is 12.4 Å². The van der Waals surface area contributed by atoms with Gasteiger partial charge in [-0.2, -0.15) is 26.3 Å². The number of hydrogen-bond acceptors (Lipinski definition) is 1. The summed E-state index contributed by atoms with van der Waals surface area (Å²) in [6, 6.07) is -0.306. The van der Waals surface area contributed by atoms with E-state index in [2.05, 4.69) is 0 Å². The van der Waals surface area contributed by atoms with Gasteiger partial charge in [-0.15, -0.1) is 0 Å². The Morgan fingerprint density at radius 3 is 2.20 bits per heavy atom. The first-order valence-corrected chi connectivity index (χ1v) is 4.97. The number of alkyl halides is 6. The zero-order valence-corrected chi connectivity index (χ0v) is 9.49. The fourth-order valence-corrected chi connectivity index (χ4v) is 1.14. The molecule has 0 aliphatic rings. The zero-order chi connectivity index (χ0) is 15.6. The van der Waals surface area contributed by atoms with E-state index in [1.54, 1.807) is 5.32 Å². The van der Waals surface area contributed by atoms with Crippen LogP contribution in [0.15, 0.2) is 18.2 Å². The first-order valence-electron chi connectivity index (χ1n) is 4.97. The van der Waals surface area contributed by atoms with Crippen LogP contribution in [-0.2, 0) is 6.18 Å². The third kappa shape index (κ3) is 4.94. The number of benzene rings is 1. The molecule has 0 aromatic heterocycles. The summed E-state index contributed by atoms with van der Waals surface area (Å²) in [6.45, 7) is -1.70. The van der Waals surface area contributed by atoms with Gasteiger partial charge in [-0.25, -0.2) is 9.18 Å². The minimum atomic E-state index is -4.77. The average molecular weight is 304 g/mol. The highest BCUT2D eigenvalue weighted by Gasteiger charge is 2.31. The molecule has 0 unspecified atom stereocenters. The van der Waals surface area contributed by atoms with Crippen molar-refractivity contribution in [2.75, 3.05) is 11.9 Å². The molecule has 1 rings (SSSR count). The minimum absolute atomic E-state index is 0.280. The Kier molecular flexibility index (Phi) is 4.46. The van der Waals surface area contributed by atoms with Crippen LogP contribution >= 0.6 is 0 Å². The first-order chi connectivity index (χ1) is 8.99. The van der Waals surface area contributed by atoms with Crippen LogP contribution < -0.4 is 10.6 Å². The molecule has 1 aromatic carbocycles. The molecule has 2 amide bonds. The summed E-state index contributed by atoms with van der Waals surface area (Å²) in [5, 5.41) is 2.90. The number of nitrogens with one attached hydrogen (secondary N) is 2. The third-order valence-electron chi connectivity index (χ3n) is 1.99.